The van der Waals surface area contributed by atoms with E-state index in [4.69, 9.17) is 4.74 Å². The van der Waals surface area contributed by atoms with Crippen molar-refractivity contribution in [2.75, 3.05) is 6.79 Å². The molecule has 0 saturated carbocycles. The van der Waals surface area contributed by atoms with E-state index in [1.54, 1.807) is 0 Å². The van der Waals surface area contributed by atoms with Crippen molar-refractivity contribution in [2.45, 2.75) is 39.5 Å². The van der Waals surface area contributed by atoms with Crippen molar-refractivity contribution in [3.05, 3.63) is 29.3 Å². The second kappa shape index (κ2) is 12.5. The van der Waals surface area contributed by atoms with Crippen LogP contribution in [0.25, 0.3) is 0 Å². The van der Waals surface area contributed by atoms with Gasteiger partial charge in [-0.05, 0) is 23.0 Å². The second-order valence-corrected chi connectivity index (χ2v) is 6.07. The fourth-order valence-electron chi connectivity index (χ4n) is 1.80. The minimum Gasteiger partial charge on any atom is -0.790 e. The van der Waals surface area contributed by atoms with Gasteiger partial charge in [0.2, 0.25) is 0 Å². The summed E-state index contributed by atoms with van der Waals surface area (Å²) < 4.78 is 19.9. The van der Waals surface area contributed by atoms with E-state index in [1.807, 2.05) is 45.9 Å². The summed E-state index contributed by atoms with van der Waals surface area (Å²) in [4.78, 5) is 20.9. The molecule has 22 heavy (non-hydrogen) atoms. The standard InChI is InChI=1S/C13H21O5P.2Na.H2O/c1-9(2)11-6-5-7-12(10(3)4)13(11)17-8-18-19(14,15)16;;;/h5-7,9-10H,8H2,1-4H3,(H2,14,15,16);;;1H2/q;2*+1;/p-2. The van der Waals surface area contributed by atoms with E-state index in [-0.39, 0.29) is 76.4 Å². The maximum atomic E-state index is 10.4. The second-order valence-electron chi connectivity index (χ2n) is 4.91. The van der Waals surface area contributed by atoms with Crippen LogP contribution in [0.2, 0.25) is 0 Å². The van der Waals surface area contributed by atoms with Crippen molar-refractivity contribution in [1.82, 2.24) is 0 Å². The molecule has 1 rings (SSSR count). The quantitative estimate of drug-likeness (QED) is 0.291. The van der Waals surface area contributed by atoms with Crippen molar-refractivity contribution >= 4 is 7.82 Å². The van der Waals surface area contributed by atoms with E-state index in [0.717, 1.165) is 11.1 Å². The van der Waals surface area contributed by atoms with Gasteiger partial charge < -0.3 is 29.1 Å². The predicted molar refractivity (Wildman–Crippen MR) is 72.4 cm³/mol. The molecule has 116 valence electrons. The van der Waals surface area contributed by atoms with Crippen LogP contribution in [0.3, 0.4) is 0 Å². The number of hydrogen-bond donors (Lipinski definition) is 0. The minimum atomic E-state index is -5.01. The number of hydrogen-bond acceptors (Lipinski definition) is 5. The van der Waals surface area contributed by atoms with Gasteiger partial charge in [-0.25, -0.2) is 0 Å². The molecule has 0 radical (unpaired) electrons. The molecule has 6 nitrogen and oxygen atoms in total. The van der Waals surface area contributed by atoms with Crippen LogP contribution in [0.15, 0.2) is 18.2 Å². The molecule has 0 unspecified atom stereocenters. The summed E-state index contributed by atoms with van der Waals surface area (Å²) in [6, 6.07) is 5.77. The van der Waals surface area contributed by atoms with Crippen molar-refractivity contribution in [3.63, 3.8) is 0 Å². The predicted octanol–water partition coefficient (Wildman–Crippen LogP) is -4.70. The third kappa shape index (κ3) is 9.40. The Hall–Kier alpha value is 1.09. The van der Waals surface area contributed by atoms with Gasteiger partial charge in [-0.15, -0.1) is 0 Å². The first-order valence-corrected chi connectivity index (χ1v) is 7.60. The zero-order valence-electron chi connectivity index (χ0n) is 14.1. The SMILES string of the molecule is CC(C)c1cccc(C(C)C)c1OCOP(=O)([O-])[O-].O.[Na+].[Na+]. The Labute approximate surface area is 176 Å². The molecule has 0 spiro atoms. The van der Waals surface area contributed by atoms with Crippen LogP contribution in [-0.4, -0.2) is 12.3 Å². The molecule has 0 atom stereocenters. The third-order valence-corrected chi connectivity index (χ3v) is 3.16. The van der Waals surface area contributed by atoms with Crippen LogP contribution in [0.4, 0.5) is 0 Å². The first kappa shape index (κ1) is 27.9. The van der Waals surface area contributed by atoms with Crippen LogP contribution in [0, 0.1) is 0 Å². The van der Waals surface area contributed by atoms with Crippen LogP contribution >= 0.6 is 7.82 Å². The van der Waals surface area contributed by atoms with E-state index in [0.29, 0.717) is 5.75 Å². The van der Waals surface area contributed by atoms with Crippen LogP contribution < -0.4 is 73.6 Å². The Balaban J connectivity index is -0.00000120. The fraction of sp³-hybridized carbons (Fsp3) is 0.538. The molecule has 0 amide bonds. The van der Waals surface area contributed by atoms with Gasteiger partial charge in [0.25, 0.3) is 0 Å². The van der Waals surface area contributed by atoms with Crippen LogP contribution in [0.1, 0.15) is 50.7 Å². The molecule has 0 bridgehead atoms. The summed E-state index contributed by atoms with van der Waals surface area (Å²) in [6.07, 6.45) is 0. The van der Waals surface area contributed by atoms with Gasteiger partial charge in [0.05, 0.1) is 7.82 Å². The normalized spacial score (nSPS) is 10.5. The molecule has 1 aromatic carbocycles. The summed E-state index contributed by atoms with van der Waals surface area (Å²) in [6.45, 7) is 7.46. The molecular formula is C13H21Na2O6P. The third-order valence-electron chi connectivity index (χ3n) is 2.73. The summed E-state index contributed by atoms with van der Waals surface area (Å²) in [5, 5.41) is 0. The number of phosphoric acid groups is 1. The Morgan fingerprint density at radius 3 is 1.77 bits per heavy atom. The first-order valence-electron chi connectivity index (χ1n) is 6.14. The number of benzene rings is 1. The first-order chi connectivity index (χ1) is 8.72. The Bertz CT molecular complexity index is 449. The Morgan fingerprint density at radius 2 is 1.45 bits per heavy atom. The van der Waals surface area contributed by atoms with Gasteiger partial charge in [0.15, 0.2) is 6.79 Å². The molecule has 1 aromatic rings. The van der Waals surface area contributed by atoms with E-state index in [2.05, 4.69) is 4.52 Å². The fourth-order valence-corrected chi connectivity index (χ4v) is 1.98. The minimum absolute atomic E-state index is 0. The van der Waals surface area contributed by atoms with Gasteiger partial charge >= 0.3 is 59.1 Å². The molecule has 0 aliphatic rings. The molecular weight excluding hydrogens is 329 g/mol. The molecule has 2 N–H and O–H groups in total. The summed E-state index contributed by atoms with van der Waals surface area (Å²) in [5.74, 6) is 1.04. The summed E-state index contributed by atoms with van der Waals surface area (Å²) in [7, 11) is -5.01. The van der Waals surface area contributed by atoms with Gasteiger partial charge in [0.1, 0.15) is 5.75 Å². The molecule has 0 heterocycles. The van der Waals surface area contributed by atoms with Gasteiger partial charge in [0, 0.05) is 0 Å². The number of phosphoric ester groups is 1. The van der Waals surface area contributed by atoms with E-state index < -0.39 is 14.6 Å². The van der Waals surface area contributed by atoms with Gasteiger partial charge in [-0.2, -0.15) is 0 Å². The van der Waals surface area contributed by atoms with E-state index in [9.17, 15) is 14.4 Å². The zero-order chi connectivity index (χ0) is 14.6. The van der Waals surface area contributed by atoms with Crippen LogP contribution in [-0.2, 0) is 9.09 Å². The zero-order valence-corrected chi connectivity index (χ0v) is 19.0. The maximum Gasteiger partial charge on any atom is 1.00 e. The largest absolute Gasteiger partial charge is 1.00 e. The molecule has 0 aliphatic heterocycles. The van der Waals surface area contributed by atoms with Crippen molar-refractivity contribution in [3.8, 4) is 5.75 Å². The Kier molecular flexibility index (Phi) is 15.8. The smallest absolute Gasteiger partial charge is 0.790 e. The average molecular weight is 350 g/mol. The summed E-state index contributed by atoms with van der Waals surface area (Å²) in [5.41, 5.74) is 1.92. The molecule has 0 aromatic heterocycles. The monoisotopic (exact) mass is 350 g/mol. The van der Waals surface area contributed by atoms with Gasteiger partial charge in [-0.1, -0.05) is 45.9 Å². The number of rotatable bonds is 6. The molecule has 0 aliphatic carbocycles. The number of ether oxygens (including phenoxy) is 1. The van der Waals surface area contributed by atoms with E-state index in [1.165, 1.54) is 0 Å². The number of para-hydroxylation sites is 1. The van der Waals surface area contributed by atoms with Crippen LogP contribution in [0.5, 0.6) is 5.75 Å². The van der Waals surface area contributed by atoms with Gasteiger partial charge in [-0.3, -0.25) is 0 Å². The maximum absolute atomic E-state index is 10.4. The summed E-state index contributed by atoms with van der Waals surface area (Å²) >= 11 is 0. The average Bonchev–Trinajstić information content (AvgIpc) is 2.26. The van der Waals surface area contributed by atoms with Crippen molar-refractivity contribution in [2.24, 2.45) is 0 Å². The Morgan fingerprint density at radius 1 is 1.05 bits per heavy atom. The van der Waals surface area contributed by atoms with Crippen molar-refractivity contribution in [1.29, 1.82) is 0 Å². The topological polar surface area (TPSA) is 113 Å². The van der Waals surface area contributed by atoms with E-state index >= 15 is 0 Å². The molecule has 0 fully saturated rings. The molecule has 0 saturated heterocycles. The molecule has 9 heteroatoms. The van der Waals surface area contributed by atoms with Crippen molar-refractivity contribution < 1.29 is 88.2 Å².